The van der Waals surface area contributed by atoms with E-state index < -0.39 is 0 Å². The Morgan fingerprint density at radius 1 is 1.16 bits per heavy atom. The van der Waals surface area contributed by atoms with Crippen LogP contribution >= 0.6 is 0 Å². The van der Waals surface area contributed by atoms with Gasteiger partial charge >= 0.3 is 0 Å². The highest BCUT2D eigenvalue weighted by molar-refractivity contribution is 5.82. The van der Waals surface area contributed by atoms with Crippen molar-refractivity contribution in [3.05, 3.63) is 0 Å². The van der Waals surface area contributed by atoms with Gasteiger partial charge in [0.15, 0.2) is 0 Å². The molecule has 0 bridgehead atoms. The Bertz CT molecular complexity index is 309. The minimum Gasteiger partial charge on any atom is -0.354 e. The highest BCUT2D eigenvalue weighted by atomic mass is 16.2. The maximum absolute atomic E-state index is 12.4. The number of nitrogens with one attached hydrogen (secondary N) is 1. The quantitative estimate of drug-likeness (QED) is 0.802. The van der Waals surface area contributed by atoms with Crippen LogP contribution in [0.4, 0.5) is 0 Å². The first-order valence-corrected chi connectivity index (χ1v) is 7.54. The van der Waals surface area contributed by atoms with Gasteiger partial charge in [-0.05, 0) is 39.5 Å². The molecule has 110 valence electrons. The van der Waals surface area contributed by atoms with Gasteiger partial charge in [0.2, 0.25) is 11.8 Å². The predicted octanol–water partition coefficient (Wildman–Crippen LogP) is 2.19. The first kappa shape index (κ1) is 16.0. The number of hydrogen-bond donors (Lipinski definition) is 1. The SMILES string of the molecule is CCC(CC(C)C(=O)NC(C)C)C(=O)N1CCCC1. The molecule has 1 N–H and O–H groups in total. The second-order valence-corrected chi connectivity index (χ2v) is 5.94. The van der Waals surface area contributed by atoms with E-state index in [1.807, 2.05) is 32.6 Å². The van der Waals surface area contributed by atoms with E-state index in [4.69, 9.17) is 0 Å². The molecule has 1 aliphatic heterocycles. The van der Waals surface area contributed by atoms with Crippen LogP contribution in [0, 0.1) is 11.8 Å². The molecule has 4 heteroatoms. The first-order valence-electron chi connectivity index (χ1n) is 7.54. The highest BCUT2D eigenvalue weighted by Crippen LogP contribution is 2.21. The standard InChI is InChI=1S/C15H28N2O2/c1-5-13(15(19)17-8-6-7-9-17)10-12(4)14(18)16-11(2)3/h11-13H,5-10H2,1-4H3,(H,16,18). The van der Waals surface area contributed by atoms with Crippen molar-refractivity contribution in [1.29, 1.82) is 0 Å². The smallest absolute Gasteiger partial charge is 0.225 e. The van der Waals surface area contributed by atoms with Crippen LogP contribution in [0.3, 0.4) is 0 Å². The maximum Gasteiger partial charge on any atom is 0.225 e. The van der Waals surface area contributed by atoms with Gasteiger partial charge in [-0.25, -0.2) is 0 Å². The van der Waals surface area contributed by atoms with E-state index in [1.54, 1.807) is 0 Å². The van der Waals surface area contributed by atoms with Crippen LogP contribution in [0.2, 0.25) is 0 Å². The maximum atomic E-state index is 12.4. The molecule has 0 spiro atoms. The number of nitrogens with zero attached hydrogens (tertiary/aromatic N) is 1. The van der Waals surface area contributed by atoms with Crippen LogP contribution < -0.4 is 5.32 Å². The molecule has 0 radical (unpaired) electrons. The van der Waals surface area contributed by atoms with Gasteiger partial charge in [-0.15, -0.1) is 0 Å². The zero-order valence-electron chi connectivity index (χ0n) is 12.7. The number of amides is 2. The van der Waals surface area contributed by atoms with Crippen molar-refractivity contribution in [2.75, 3.05) is 13.1 Å². The topological polar surface area (TPSA) is 49.4 Å². The van der Waals surface area contributed by atoms with E-state index in [1.165, 1.54) is 0 Å². The van der Waals surface area contributed by atoms with Crippen LogP contribution in [0.15, 0.2) is 0 Å². The summed E-state index contributed by atoms with van der Waals surface area (Å²) in [4.78, 5) is 26.2. The second-order valence-electron chi connectivity index (χ2n) is 5.94. The van der Waals surface area contributed by atoms with Crippen molar-refractivity contribution in [1.82, 2.24) is 10.2 Å². The van der Waals surface area contributed by atoms with Crippen LogP contribution in [0.1, 0.15) is 53.4 Å². The number of carbonyl (C=O) groups is 2. The first-order chi connectivity index (χ1) is 8.95. The van der Waals surface area contributed by atoms with E-state index in [9.17, 15) is 9.59 Å². The lowest BCUT2D eigenvalue weighted by Gasteiger charge is -2.24. The summed E-state index contributed by atoms with van der Waals surface area (Å²) >= 11 is 0. The number of carbonyl (C=O) groups excluding carboxylic acids is 2. The van der Waals surface area contributed by atoms with Crippen LogP contribution in [0.5, 0.6) is 0 Å². The third kappa shape index (κ3) is 4.84. The molecule has 0 aromatic carbocycles. The fraction of sp³-hybridized carbons (Fsp3) is 0.867. The van der Waals surface area contributed by atoms with Gasteiger partial charge in [-0.1, -0.05) is 13.8 Å². The zero-order valence-corrected chi connectivity index (χ0v) is 12.7. The molecule has 1 saturated heterocycles. The summed E-state index contributed by atoms with van der Waals surface area (Å²) in [6.07, 6.45) is 3.70. The minimum absolute atomic E-state index is 0.00832. The molecule has 19 heavy (non-hydrogen) atoms. The number of likely N-dealkylation sites (tertiary alicyclic amines) is 1. The van der Waals surface area contributed by atoms with Crippen molar-refractivity contribution in [2.45, 2.75) is 59.4 Å². The molecule has 1 heterocycles. The lowest BCUT2D eigenvalue weighted by atomic mass is 9.91. The third-order valence-electron chi connectivity index (χ3n) is 3.78. The Labute approximate surface area is 116 Å². The van der Waals surface area contributed by atoms with Crippen molar-refractivity contribution in [3.8, 4) is 0 Å². The average molecular weight is 268 g/mol. The Morgan fingerprint density at radius 2 is 1.74 bits per heavy atom. The lowest BCUT2D eigenvalue weighted by Crippen LogP contribution is -2.38. The van der Waals surface area contributed by atoms with Crippen molar-refractivity contribution >= 4 is 11.8 Å². The Kier molecular flexibility index (Phi) is 6.32. The van der Waals surface area contributed by atoms with Crippen molar-refractivity contribution < 1.29 is 9.59 Å². The minimum atomic E-state index is -0.0982. The fourth-order valence-corrected chi connectivity index (χ4v) is 2.60. The Balaban J connectivity index is 2.50. The summed E-state index contributed by atoms with van der Waals surface area (Å²) in [6, 6.07) is 0.157. The van der Waals surface area contributed by atoms with Crippen LogP contribution in [-0.4, -0.2) is 35.8 Å². The normalized spacial score (nSPS) is 18.5. The summed E-state index contributed by atoms with van der Waals surface area (Å²) < 4.78 is 0. The van der Waals surface area contributed by atoms with E-state index in [2.05, 4.69) is 5.32 Å². The molecule has 1 rings (SSSR count). The fourth-order valence-electron chi connectivity index (χ4n) is 2.60. The van der Waals surface area contributed by atoms with Crippen LogP contribution in [-0.2, 0) is 9.59 Å². The Morgan fingerprint density at radius 3 is 2.21 bits per heavy atom. The zero-order chi connectivity index (χ0) is 14.4. The van der Waals surface area contributed by atoms with E-state index in [-0.39, 0.29) is 29.7 Å². The number of rotatable bonds is 6. The molecule has 0 aromatic rings. The number of hydrogen-bond acceptors (Lipinski definition) is 2. The van der Waals surface area contributed by atoms with Gasteiger partial charge < -0.3 is 10.2 Å². The summed E-state index contributed by atoms with van der Waals surface area (Å²) in [6.45, 7) is 9.64. The van der Waals surface area contributed by atoms with Gasteiger partial charge in [0, 0.05) is 31.0 Å². The summed E-state index contributed by atoms with van der Waals surface area (Å²) in [5.41, 5.74) is 0. The molecule has 2 unspecified atom stereocenters. The van der Waals surface area contributed by atoms with E-state index >= 15 is 0 Å². The molecule has 1 aliphatic rings. The van der Waals surface area contributed by atoms with Gasteiger partial charge in [0.25, 0.3) is 0 Å². The molecule has 4 nitrogen and oxygen atoms in total. The summed E-state index contributed by atoms with van der Waals surface area (Å²) in [5, 5.41) is 2.92. The molecule has 2 amide bonds. The monoisotopic (exact) mass is 268 g/mol. The van der Waals surface area contributed by atoms with Gasteiger partial charge in [0.05, 0.1) is 0 Å². The van der Waals surface area contributed by atoms with Crippen LogP contribution in [0.25, 0.3) is 0 Å². The van der Waals surface area contributed by atoms with Gasteiger partial charge in [-0.3, -0.25) is 9.59 Å². The molecular weight excluding hydrogens is 240 g/mol. The molecule has 2 atom stereocenters. The molecular formula is C15H28N2O2. The van der Waals surface area contributed by atoms with Gasteiger partial charge in [0.1, 0.15) is 0 Å². The van der Waals surface area contributed by atoms with Crippen molar-refractivity contribution in [2.24, 2.45) is 11.8 Å². The molecule has 0 aromatic heterocycles. The molecule has 0 saturated carbocycles. The summed E-state index contributed by atoms with van der Waals surface area (Å²) in [7, 11) is 0. The molecule has 1 fully saturated rings. The van der Waals surface area contributed by atoms with Crippen molar-refractivity contribution in [3.63, 3.8) is 0 Å². The molecule has 0 aliphatic carbocycles. The van der Waals surface area contributed by atoms with E-state index in [0.29, 0.717) is 6.42 Å². The summed E-state index contributed by atoms with van der Waals surface area (Å²) in [5.74, 6) is 0.191. The predicted molar refractivity (Wildman–Crippen MR) is 76.7 cm³/mol. The highest BCUT2D eigenvalue weighted by Gasteiger charge is 2.28. The lowest BCUT2D eigenvalue weighted by molar-refractivity contribution is -0.135. The average Bonchev–Trinajstić information content (AvgIpc) is 2.87. The Hall–Kier alpha value is -1.06. The van der Waals surface area contributed by atoms with E-state index in [0.717, 1.165) is 32.4 Å². The largest absolute Gasteiger partial charge is 0.354 e. The van der Waals surface area contributed by atoms with Gasteiger partial charge in [-0.2, -0.15) is 0 Å². The second kappa shape index (κ2) is 7.51. The third-order valence-corrected chi connectivity index (χ3v) is 3.78.